The molecular formula is C17H13N5O2S. The largest absolute Gasteiger partial charge is 0.497 e. The minimum Gasteiger partial charge on any atom is -0.497 e. The van der Waals surface area contributed by atoms with Crippen molar-refractivity contribution in [3.8, 4) is 17.0 Å². The number of aromatic nitrogens is 4. The molecule has 0 spiro atoms. The predicted octanol–water partition coefficient (Wildman–Crippen LogP) is 3.11. The molecule has 0 atom stereocenters. The first kappa shape index (κ1) is 15.3. The fourth-order valence-electron chi connectivity index (χ4n) is 2.36. The number of benzene rings is 1. The van der Waals surface area contributed by atoms with Gasteiger partial charge in [0.2, 0.25) is 4.96 Å². The molecule has 0 saturated carbocycles. The minimum atomic E-state index is -0.343. The van der Waals surface area contributed by atoms with E-state index in [1.54, 1.807) is 36.0 Å². The van der Waals surface area contributed by atoms with Crippen LogP contribution < -0.4 is 10.1 Å². The lowest BCUT2D eigenvalue weighted by Crippen LogP contribution is -2.14. The summed E-state index contributed by atoms with van der Waals surface area (Å²) in [7, 11) is 1.63. The number of carbonyl (C=O) groups excluding carboxylic acids is 1. The first-order valence-electron chi connectivity index (χ1n) is 7.45. The SMILES string of the molecule is COc1ccc(-c2csc3nc(NC(=O)c4ccccn4)nn23)cc1. The molecule has 0 unspecified atom stereocenters. The number of thiazole rings is 1. The van der Waals surface area contributed by atoms with Crippen LogP contribution in [0.5, 0.6) is 5.75 Å². The van der Waals surface area contributed by atoms with Gasteiger partial charge in [0.05, 0.1) is 12.8 Å². The van der Waals surface area contributed by atoms with E-state index in [-0.39, 0.29) is 11.9 Å². The second-order valence-electron chi connectivity index (χ2n) is 5.15. The van der Waals surface area contributed by atoms with Gasteiger partial charge >= 0.3 is 0 Å². The number of hydrogen-bond donors (Lipinski definition) is 1. The average Bonchev–Trinajstić information content (AvgIpc) is 3.22. The summed E-state index contributed by atoms with van der Waals surface area (Å²) in [5.74, 6) is 0.694. The summed E-state index contributed by atoms with van der Waals surface area (Å²) in [6.07, 6.45) is 1.57. The summed E-state index contributed by atoms with van der Waals surface area (Å²) in [5.41, 5.74) is 2.20. The highest BCUT2D eigenvalue weighted by Crippen LogP contribution is 2.27. The van der Waals surface area contributed by atoms with Gasteiger partial charge < -0.3 is 4.74 Å². The Morgan fingerprint density at radius 1 is 1.20 bits per heavy atom. The van der Waals surface area contributed by atoms with E-state index in [4.69, 9.17) is 4.74 Å². The highest BCUT2D eigenvalue weighted by Gasteiger charge is 2.14. The van der Waals surface area contributed by atoms with Gasteiger partial charge in [0, 0.05) is 17.1 Å². The van der Waals surface area contributed by atoms with E-state index >= 15 is 0 Å². The van der Waals surface area contributed by atoms with Gasteiger partial charge in [0.1, 0.15) is 11.4 Å². The van der Waals surface area contributed by atoms with Gasteiger partial charge in [0.15, 0.2) is 0 Å². The summed E-state index contributed by atoms with van der Waals surface area (Å²) < 4.78 is 6.89. The topological polar surface area (TPSA) is 81.4 Å². The zero-order valence-corrected chi connectivity index (χ0v) is 14.0. The lowest BCUT2D eigenvalue weighted by atomic mass is 10.2. The molecule has 4 aromatic rings. The number of nitrogens with zero attached hydrogens (tertiary/aromatic N) is 4. The van der Waals surface area contributed by atoms with Crippen LogP contribution in [0.3, 0.4) is 0 Å². The predicted molar refractivity (Wildman–Crippen MR) is 95.0 cm³/mol. The van der Waals surface area contributed by atoms with Crippen molar-refractivity contribution in [3.05, 3.63) is 59.7 Å². The van der Waals surface area contributed by atoms with Gasteiger partial charge in [0.25, 0.3) is 11.9 Å². The first-order chi connectivity index (χ1) is 12.2. The van der Waals surface area contributed by atoms with Crippen molar-refractivity contribution in [1.29, 1.82) is 0 Å². The Morgan fingerprint density at radius 3 is 2.76 bits per heavy atom. The zero-order chi connectivity index (χ0) is 17.2. The summed E-state index contributed by atoms with van der Waals surface area (Å²) in [5, 5.41) is 9.03. The summed E-state index contributed by atoms with van der Waals surface area (Å²) in [6.45, 7) is 0. The monoisotopic (exact) mass is 351 g/mol. The van der Waals surface area contributed by atoms with Crippen LogP contribution >= 0.6 is 11.3 Å². The molecule has 3 heterocycles. The number of carbonyl (C=O) groups is 1. The molecule has 1 amide bonds. The Labute approximate surface area is 146 Å². The Hall–Kier alpha value is -3.26. The van der Waals surface area contributed by atoms with Crippen LogP contribution in [0.1, 0.15) is 10.5 Å². The number of ether oxygens (including phenoxy) is 1. The normalized spacial score (nSPS) is 10.8. The third-order valence-electron chi connectivity index (χ3n) is 3.59. The number of anilines is 1. The molecular weight excluding hydrogens is 338 g/mol. The molecule has 3 aromatic heterocycles. The molecule has 7 nitrogen and oxygen atoms in total. The third-order valence-corrected chi connectivity index (χ3v) is 4.41. The number of methoxy groups -OCH3 is 1. The number of rotatable bonds is 4. The Balaban J connectivity index is 1.63. The van der Waals surface area contributed by atoms with Crippen LogP contribution in [0.25, 0.3) is 16.2 Å². The molecule has 8 heteroatoms. The number of nitrogens with one attached hydrogen (secondary N) is 1. The number of pyridine rings is 1. The van der Waals surface area contributed by atoms with E-state index in [1.165, 1.54) is 11.3 Å². The zero-order valence-electron chi connectivity index (χ0n) is 13.2. The van der Waals surface area contributed by atoms with Gasteiger partial charge in [-0.3, -0.25) is 15.1 Å². The van der Waals surface area contributed by atoms with Crippen molar-refractivity contribution in [2.45, 2.75) is 0 Å². The fraction of sp³-hybridized carbons (Fsp3) is 0.0588. The molecule has 0 aliphatic carbocycles. The summed E-state index contributed by atoms with van der Waals surface area (Å²) in [6, 6.07) is 12.8. The quantitative estimate of drug-likeness (QED) is 0.611. The van der Waals surface area contributed by atoms with E-state index in [0.717, 1.165) is 17.0 Å². The van der Waals surface area contributed by atoms with Gasteiger partial charge in [-0.2, -0.15) is 4.98 Å². The molecule has 0 aliphatic rings. The number of fused-ring (bicyclic) bond motifs is 1. The standard InChI is InChI=1S/C17H13N5O2S/c1-24-12-7-5-11(6-8-12)14-10-25-17-20-16(21-22(14)17)19-15(23)13-4-2-3-9-18-13/h2-10H,1H3,(H,19,21,23). The molecule has 0 saturated heterocycles. The van der Waals surface area contributed by atoms with Gasteiger partial charge in [-0.25, -0.2) is 4.52 Å². The van der Waals surface area contributed by atoms with Gasteiger partial charge in [-0.1, -0.05) is 6.07 Å². The van der Waals surface area contributed by atoms with Crippen molar-refractivity contribution in [1.82, 2.24) is 19.6 Å². The van der Waals surface area contributed by atoms with Gasteiger partial charge in [-0.05, 0) is 36.4 Å². The van der Waals surface area contributed by atoms with Crippen LogP contribution in [-0.4, -0.2) is 32.6 Å². The molecule has 1 N–H and O–H groups in total. The van der Waals surface area contributed by atoms with Crippen molar-refractivity contribution in [2.24, 2.45) is 0 Å². The van der Waals surface area contributed by atoms with E-state index in [9.17, 15) is 4.79 Å². The van der Waals surface area contributed by atoms with Gasteiger partial charge in [-0.15, -0.1) is 16.4 Å². The second kappa shape index (κ2) is 6.33. The third kappa shape index (κ3) is 2.94. The Bertz CT molecular complexity index is 1020. The van der Waals surface area contributed by atoms with Crippen molar-refractivity contribution < 1.29 is 9.53 Å². The summed E-state index contributed by atoms with van der Waals surface area (Å²) in [4.78, 5) is 21.2. The first-order valence-corrected chi connectivity index (χ1v) is 8.33. The molecule has 124 valence electrons. The van der Waals surface area contributed by atoms with E-state index < -0.39 is 0 Å². The maximum Gasteiger partial charge on any atom is 0.276 e. The lowest BCUT2D eigenvalue weighted by Gasteiger charge is -2.02. The number of amides is 1. The average molecular weight is 351 g/mol. The van der Waals surface area contributed by atoms with E-state index in [0.29, 0.717) is 10.7 Å². The molecule has 4 rings (SSSR count). The van der Waals surface area contributed by atoms with Crippen LogP contribution in [-0.2, 0) is 0 Å². The lowest BCUT2D eigenvalue weighted by molar-refractivity contribution is 0.102. The maximum absolute atomic E-state index is 12.2. The molecule has 0 fully saturated rings. The van der Waals surface area contributed by atoms with E-state index in [1.807, 2.05) is 29.6 Å². The Morgan fingerprint density at radius 2 is 2.04 bits per heavy atom. The molecule has 0 aliphatic heterocycles. The molecule has 0 radical (unpaired) electrons. The highest BCUT2D eigenvalue weighted by atomic mass is 32.1. The fourth-order valence-corrected chi connectivity index (χ4v) is 3.19. The number of hydrogen-bond acceptors (Lipinski definition) is 6. The maximum atomic E-state index is 12.2. The molecule has 1 aromatic carbocycles. The Kier molecular flexibility index (Phi) is 3.87. The van der Waals surface area contributed by atoms with Crippen molar-refractivity contribution >= 4 is 28.2 Å². The highest BCUT2D eigenvalue weighted by molar-refractivity contribution is 7.15. The van der Waals surface area contributed by atoms with Crippen LogP contribution in [0.15, 0.2) is 54.0 Å². The van der Waals surface area contributed by atoms with Crippen LogP contribution in [0.4, 0.5) is 5.95 Å². The minimum absolute atomic E-state index is 0.247. The van der Waals surface area contributed by atoms with Crippen LogP contribution in [0, 0.1) is 0 Å². The van der Waals surface area contributed by atoms with Crippen LogP contribution in [0.2, 0.25) is 0 Å². The second-order valence-corrected chi connectivity index (χ2v) is 5.98. The van der Waals surface area contributed by atoms with Crippen molar-refractivity contribution in [3.63, 3.8) is 0 Å². The summed E-state index contributed by atoms with van der Waals surface area (Å²) >= 11 is 1.45. The smallest absolute Gasteiger partial charge is 0.276 e. The molecule has 25 heavy (non-hydrogen) atoms. The molecule has 0 bridgehead atoms. The van der Waals surface area contributed by atoms with Crippen molar-refractivity contribution in [2.75, 3.05) is 12.4 Å². The van der Waals surface area contributed by atoms with E-state index in [2.05, 4.69) is 20.4 Å².